The Bertz CT molecular complexity index is 833. The minimum Gasteiger partial charge on any atom is -0.476 e. The summed E-state index contributed by atoms with van der Waals surface area (Å²) < 4.78 is 5.62. The molecule has 1 aromatic carbocycles. The third-order valence-electron chi connectivity index (χ3n) is 3.02. The Morgan fingerprint density at radius 2 is 1.86 bits per heavy atom. The summed E-state index contributed by atoms with van der Waals surface area (Å²) in [5.74, 6) is -0.769. The van der Waals surface area contributed by atoms with Crippen LogP contribution in [0.5, 0.6) is 11.6 Å². The maximum atomic E-state index is 11.2. The summed E-state index contributed by atoms with van der Waals surface area (Å²) in [5, 5.41) is 18.8. The summed E-state index contributed by atoms with van der Waals surface area (Å²) in [4.78, 5) is 15.0. The van der Waals surface area contributed by atoms with Crippen molar-refractivity contribution in [2.45, 2.75) is 6.92 Å². The van der Waals surface area contributed by atoms with Crippen molar-refractivity contribution in [1.82, 2.24) is 15.2 Å². The number of carboxylic acids is 1. The Hall–Kier alpha value is -3.02. The topological polar surface area (TPSA) is 85.2 Å². The van der Waals surface area contributed by atoms with E-state index in [-0.39, 0.29) is 17.3 Å². The van der Waals surface area contributed by atoms with Crippen LogP contribution in [0.15, 0.2) is 42.6 Å². The molecule has 0 amide bonds. The molecule has 3 rings (SSSR count). The number of benzene rings is 1. The largest absolute Gasteiger partial charge is 0.476 e. The van der Waals surface area contributed by atoms with Gasteiger partial charge in [0, 0.05) is 17.0 Å². The lowest BCUT2D eigenvalue weighted by Gasteiger charge is -2.09. The molecule has 6 heteroatoms. The van der Waals surface area contributed by atoms with E-state index < -0.39 is 5.97 Å². The number of aryl methyl sites for hydroxylation is 1. The molecule has 2 heterocycles. The van der Waals surface area contributed by atoms with Crippen molar-refractivity contribution in [2.24, 2.45) is 0 Å². The number of carboxylic acid groups (broad SMARTS) is 1. The zero-order chi connectivity index (χ0) is 14.8. The number of pyridine rings is 1. The van der Waals surface area contributed by atoms with E-state index in [1.807, 2.05) is 31.2 Å². The molecule has 0 spiro atoms. The molecule has 0 radical (unpaired) electrons. The van der Waals surface area contributed by atoms with E-state index in [1.54, 1.807) is 6.07 Å². The first-order valence-electron chi connectivity index (χ1n) is 6.25. The highest BCUT2D eigenvalue weighted by atomic mass is 16.5. The lowest BCUT2D eigenvalue weighted by atomic mass is 10.1. The monoisotopic (exact) mass is 281 g/mol. The number of rotatable bonds is 3. The van der Waals surface area contributed by atoms with Crippen molar-refractivity contribution in [3.8, 4) is 11.6 Å². The second kappa shape index (κ2) is 5.16. The van der Waals surface area contributed by atoms with Gasteiger partial charge in [0.25, 0.3) is 0 Å². The first-order valence-corrected chi connectivity index (χ1v) is 6.25. The number of fused-ring (bicyclic) bond motifs is 1. The molecule has 0 aliphatic heterocycles. The van der Waals surface area contributed by atoms with Crippen molar-refractivity contribution >= 4 is 16.7 Å². The summed E-state index contributed by atoms with van der Waals surface area (Å²) >= 11 is 0. The van der Waals surface area contributed by atoms with Gasteiger partial charge in [0.05, 0.1) is 5.69 Å². The van der Waals surface area contributed by atoms with Crippen LogP contribution in [0, 0.1) is 6.92 Å². The molecule has 2 aromatic heterocycles. The summed E-state index contributed by atoms with van der Waals surface area (Å²) in [6, 6.07) is 10.7. The van der Waals surface area contributed by atoms with Crippen LogP contribution < -0.4 is 4.74 Å². The summed E-state index contributed by atoms with van der Waals surface area (Å²) in [7, 11) is 0. The quantitative estimate of drug-likeness (QED) is 0.794. The van der Waals surface area contributed by atoms with E-state index in [0.29, 0.717) is 0 Å². The molecule has 0 atom stereocenters. The second-order valence-corrected chi connectivity index (χ2v) is 4.39. The van der Waals surface area contributed by atoms with Gasteiger partial charge in [0.1, 0.15) is 0 Å². The number of nitrogens with zero attached hydrogens (tertiary/aromatic N) is 3. The molecule has 0 saturated carbocycles. The number of hydrogen-bond donors (Lipinski definition) is 1. The number of aromatic carboxylic acids is 1. The van der Waals surface area contributed by atoms with Crippen molar-refractivity contribution in [1.29, 1.82) is 0 Å². The van der Waals surface area contributed by atoms with Gasteiger partial charge >= 0.3 is 5.97 Å². The zero-order valence-electron chi connectivity index (χ0n) is 11.1. The Kier molecular flexibility index (Phi) is 3.19. The molecule has 0 saturated heterocycles. The van der Waals surface area contributed by atoms with Gasteiger partial charge in [-0.05, 0) is 25.1 Å². The third kappa shape index (κ3) is 2.38. The van der Waals surface area contributed by atoms with E-state index in [0.717, 1.165) is 16.5 Å². The van der Waals surface area contributed by atoms with Crippen LogP contribution in [0.3, 0.4) is 0 Å². The first-order chi connectivity index (χ1) is 10.2. The second-order valence-electron chi connectivity index (χ2n) is 4.39. The molecule has 104 valence electrons. The van der Waals surface area contributed by atoms with Gasteiger partial charge in [0.2, 0.25) is 5.88 Å². The van der Waals surface area contributed by atoms with Gasteiger partial charge < -0.3 is 9.84 Å². The van der Waals surface area contributed by atoms with Gasteiger partial charge in [0.15, 0.2) is 11.4 Å². The van der Waals surface area contributed by atoms with Gasteiger partial charge in [-0.3, -0.25) is 0 Å². The van der Waals surface area contributed by atoms with E-state index in [2.05, 4.69) is 15.2 Å². The maximum Gasteiger partial charge on any atom is 0.358 e. The number of hydrogen-bond acceptors (Lipinski definition) is 5. The summed E-state index contributed by atoms with van der Waals surface area (Å²) in [6.45, 7) is 1.85. The van der Waals surface area contributed by atoms with Crippen molar-refractivity contribution < 1.29 is 14.6 Å². The molecule has 6 nitrogen and oxygen atoms in total. The molecule has 1 N–H and O–H groups in total. The molecule has 0 unspecified atom stereocenters. The van der Waals surface area contributed by atoms with Gasteiger partial charge in [-0.1, -0.05) is 18.2 Å². The predicted octanol–water partition coefficient (Wildman–Crippen LogP) is 2.82. The predicted molar refractivity (Wildman–Crippen MR) is 75.5 cm³/mol. The van der Waals surface area contributed by atoms with E-state index in [4.69, 9.17) is 9.84 Å². The van der Waals surface area contributed by atoms with Crippen LogP contribution in [-0.2, 0) is 0 Å². The first kappa shape index (κ1) is 13.0. The van der Waals surface area contributed by atoms with Crippen LogP contribution in [0.2, 0.25) is 0 Å². The molecule has 0 fully saturated rings. The minimum atomic E-state index is -1.16. The fourth-order valence-electron chi connectivity index (χ4n) is 2.03. The molecule has 0 aliphatic carbocycles. The average Bonchev–Trinajstić information content (AvgIpc) is 2.51. The minimum absolute atomic E-state index is 0.133. The summed E-state index contributed by atoms with van der Waals surface area (Å²) in [5.41, 5.74) is 0.617. The Labute approximate surface area is 120 Å². The van der Waals surface area contributed by atoms with Gasteiger partial charge in [-0.2, -0.15) is 5.10 Å². The molecule has 21 heavy (non-hydrogen) atoms. The Morgan fingerprint density at radius 3 is 2.62 bits per heavy atom. The standard InChI is InChI=1S/C15H11N3O3/c1-9-10-5-2-3-6-11(10)14(18-17-9)21-12-7-4-8-16-13(12)15(19)20/h2-8H,1H3,(H,19,20). The zero-order valence-corrected chi connectivity index (χ0v) is 11.1. The Morgan fingerprint density at radius 1 is 1.10 bits per heavy atom. The van der Waals surface area contributed by atoms with Crippen LogP contribution >= 0.6 is 0 Å². The smallest absolute Gasteiger partial charge is 0.358 e. The van der Waals surface area contributed by atoms with Crippen LogP contribution in [-0.4, -0.2) is 26.3 Å². The highest BCUT2D eigenvalue weighted by Gasteiger charge is 2.15. The molecule has 0 aliphatic rings. The molecular weight excluding hydrogens is 270 g/mol. The van der Waals surface area contributed by atoms with Crippen molar-refractivity contribution in [2.75, 3.05) is 0 Å². The molecular formula is C15H11N3O3. The van der Waals surface area contributed by atoms with Crippen molar-refractivity contribution in [3.63, 3.8) is 0 Å². The van der Waals surface area contributed by atoms with E-state index in [1.165, 1.54) is 12.3 Å². The third-order valence-corrected chi connectivity index (χ3v) is 3.02. The highest BCUT2D eigenvalue weighted by molar-refractivity contribution is 5.90. The van der Waals surface area contributed by atoms with E-state index >= 15 is 0 Å². The number of ether oxygens (including phenoxy) is 1. The van der Waals surface area contributed by atoms with Gasteiger partial charge in [-0.25, -0.2) is 9.78 Å². The van der Waals surface area contributed by atoms with Crippen molar-refractivity contribution in [3.05, 3.63) is 54.0 Å². The van der Waals surface area contributed by atoms with Gasteiger partial charge in [-0.15, -0.1) is 5.10 Å². The highest BCUT2D eigenvalue weighted by Crippen LogP contribution is 2.29. The molecule has 3 aromatic rings. The van der Waals surface area contributed by atoms with Crippen LogP contribution in [0.4, 0.5) is 0 Å². The normalized spacial score (nSPS) is 10.5. The average molecular weight is 281 g/mol. The number of aromatic nitrogens is 3. The SMILES string of the molecule is Cc1nnc(Oc2cccnc2C(=O)O)c2ccccc12. The van der Waals surface area contributed by atoms with E-state index in [9.17, 15) is 4.79 Å². The summed E-state index contributed by atoms with van der Waals surface area (Å²) in [6.07, 6.45) is 1.40. The van der Waals surface area contributed by atoms with Crippen LogP contribution in [0.1, 0.15) is 16.2 Å². The molecule has 0 bridgehead atoms. The fourth-order valence-corrected chi connectivity index (χ4v) is 2.03. The fraction of sp³-hybridized carbons (Fsp3) is 0.0667. The maximum absolute atomic E-state index is 11.2. The lowest BCUT2D eigenvalue weighted by Crippen LogP contribution is -2.04. The van der Waals surface area contributed by atoms with Crippen LogP contribution in [0.25, 0.3) is 10.8 Å². The Balaban J connectivity index is 2.11. The number of carbonyl (C=O) groups is 1. The lowest BCUT2D eigenvalue weighted by molar-refractivity contribution is 0.0687.